The molecule has 0 unspecified atom stereocenters. The number of nitrogens with one attached hydrogen (secondary N) is 1. The second-order valence-corrected chi connectivity index (χ2v) is 3.31. The number of amidine groups is 1. The monoisotopic (exact) mass is 218 g/mol. The summed E-state index contributed by atoms with van der Waals surface area (Å²) >= 11 is 0. The van der Waals surface area contributed by atoms with Crippen LogP contribution < -0.4 is 5.32 Å². The van der Waals surface area contributed by atoms with Crippen molar-refractivity contribution in [1.82, 2.24) is 5.32 Å². The van der Waals surface area contributed by atoms with Crippen molar-refractivity contribution in [1.29, 1.82) is 0 Å². The average molecular weight is 218 g/mol. The van der Waals surface area contributed by atoms with Gasteiger partial charge < -0.3 is 4.74 Å². The molecule has 1 aromatic carbocycles. The van der Waals surface area contributed by atoms with E-state index in [0.29, 0.717) is 5.84 Å². The van der Waals surface area contributed by atoms with Gasteiger partial charge in [-0.3, -0.25) is 10.1 Å². The number of carbonyl (C=O) groups excluding carboxylic acids is 2. The maximum absolute atomic E-state index is 11.3. The molecule has 1 N–H and O–H groups in total. The predicted molar refractivity (Wildman–Crippen MR) is 56.8 cm³/mol. The van der Waals surface area contributed by atoms with Crippen molar-refractivity contribution < 1.29 is 14.3 Å². The lowest BCUT2D eigenvalue weighted by Crippen LogP contribution is -2.40. The zero-order valence-corrected chi connectivity index (χ0v) is 8.47. The first kappa shape index (κ1) is 10.4. The Bertz CT molecular complexity index is 440. The summed E-state index contributed by atoms with van der Waals surface area (Å²) in [5.74, 6) is -0.0364. The van der Waals surface area contributed by atoms with Gasteiger partial charge in [0, 0.05) is 0 Å². The van der Waals surface area contributed by atoms with Gasteiger partial charge in [0.15, 0.2) is 0 Å². The van der Waals surface area contributed by atoms with Crippen molar-refractivity contribution in [3.63, 3.8) is 0 Å². The smallest absolute Gasteiger partial charge is 0.348 e. The van der Waals surface area contributed by atoms with E-state index in [1.165, 1.54) is 0 Å². The van der Waals surface area contributed by atoms with Crippen LogP contribution in [0.25, 0.3) is 0 Å². The maximum Gasteiger partial charge on any atom is 0.348 e. The minimum absolute atomic E-state index is 0.0125. The van der Waals surface area contributed by atoms with E-state index in [1.54, 1.807) is 0 Å². The number of rotatable bonds is 4. The molecule has 1 aromatic rings. The molecular weight excluding hydrogens is 208 g/mol. The lowest BCUT2D eigenvalue weighted by Gasteiger charge is -2.13. The molecule has 0 aliphatic carbocycles. The molecule has 0 spiro atoms. The number of esters is 1. The van der Waals surface area contributed by atoms with Crippen molar-refractivity contribution in [2.45, 2.75) is 13.0 Å². The van der Waals surface area contributed by atoms with Crippen molar-refractivity contribution in [2.24, 2.45) is 4.99 Å². The van der Waals surface area contributed by atoms with E-state index in [1.807, 2.05) is 30.3 Å². The summed E-state index contributed by atoms with van der Waals surface area (Å²) in [5.41, 5.74) is 0.926. The molecule has 0 fully saturated rings. The Labute approximate surface area is 92.1 Å². The molecule has 1 heterocycles. The Kier molecular flexibility index (Phi) is 2.95. The van der Waals surface area contributed by atoms with E-state index in [9.17, 15) is 9.59 Å². The van der Waals surface area contributed by atoms with Gasteiger partial charge in [-0.15, -0.1) is 0 Å². The lowest BCUT2D eigenvalue weighted by atomic mass is 10.2. The number of aliphatic imine (C=N–C) groups is 1. The van der Waals surface area contributed by atoms with Crippen LogP contribution in [0.3, 0.4) is 0 Å². The minimum Gasteiger partial charge on any atom is -0.460 e. The molecular formula is C11H10N2O3. The van der Waals surface area contributed by atoms with Gasteiger partial charge in [0.1, 0.15) is 18.9 Å². The van der Waals surface area contributed by atoms with Crippen LogP contribution >= 0.6 is 0 Å². The van der Waals surface area contributed by atoms with Crippen LogP contribution in [0.5, 0.6) is 0 Å². The third-order valence-electron chi connectivity index (χ3n) is 2.04. The molecule has 0 saturated carbocycles. The quantitative estimate of drug-likeness (QED) is 0.773. The molecule has 82 valence electrons. The highest BCUT2D eigenvalue weighted by Gasteiger charge is 2.19. The first-order chi connectivity index (χ1) is 7.74. The van der Waals surface area contributed by atoms with Gasteiger partial charge in [-0.2, -0.15) is 4.99 Å². The van der Waals surface area contributed by atoms with Crippen LogP contribution in [0, 0.1) is 0 Å². The zero-order valence-electron chi connectivity index (χ0n) is 8.47. The second-order valence-electron chi connectivity index (χ2n) is 3.31. The Morgan fingerprint density at radius 3 is 2.62 bits per heavy atom. The van der Waals surface area contributed by atoms with Crippen molar-refractivity contribution >= 4 is 17.8 Å². The number of ether oxygens (including phenoxy) is 1. The SMILES string of the molecule is O=C1N=C(CC(=O)OCc2ccccc2)N1. The summed E-state index contributed by atoms with van der Waals surface area (Å²) in [5, 5.41) is 2.38. The van der Waals surface area contributed by atoms with Crippen LogP contribution in [-0.4, -0.2) is 17.8 Å². The molecule has 16 heavy (non-hydrogen) atoms. The fourth-order valence-corrected chi connectivity index (χ4v) is 1.26. The fourth-order valence-electron chi connectivity index (χ4n) is 1.26. The molecule has 0 atom stereocenters. The van der Waals surface area contributed by atoms with Gasteiger partial charge in [-0.05, 0) is 5.56 Å². The standard InChI is InChI=1S/C11H10N2O3/c14-10(6-9-12-11(15)13-9)16-7-8-4-2-1-3-5-8/h1-5H,6-7H2,(H,12,13,15). The van der Waals surface area contributed by atoms with Crippen LogP contribution in [0.2, 0.25) is 0 Å². The molecule has 0 bridgehead atoms. The summed E-state index contributed by atoms with van der Waals surface area (Å²) in [6.45, 7) is 0.237. The van der Waals surface area contributed by atoms with Gasteiger partial charge in [0.25, 0.3) is 0 Å². The number of amides is 2. The summed E-state index contributed by atoms with van der Waals surface area (Å²) in [4.78, 5) is 25.2. The largest absolute Gasteiger partial charge is 0.460 e. The fraction of sp³-hybridized carbons (Fsp3) is 0.182. The highest BCUT2D eigenvalue weighted by atomic mass is 16.5. The van der Waals surface area contributed by atoms with E-state index >= 15 is 0 Å². The van der Waals surface area contributed by atoms with Gasteiger partial charge in [0.2, 0.25) is 0 Å². The number of hydrogen-bond donors (Lipinski definition) is 1. The molecule has 0 aromatic heterocycles. The maximum atomic E-state index is 11.3. The number of hydrogen-bond acceptors (Lipinski definition) is 3. The minimum atomic E-state index is -0.411. The van der Waals surface area contributed by atoms with Crippen LogP contribution in [0.15, 0.2) is 35.3 Å². The second kappa shape index (κ2) is 4.57. The summed E-state index contributed by atoms with van der Waals surface area (Å²) in [6, 6.07) is 8.97. The van der Waals surface area contributed by atoms with Gasteiger partial charge in [-0.1, -0.05) is 30.3 Å². The molecule has 1 aliphatic rings. The molecule has 1 aliphatic heterocycles. The number of urea groups is 1. The highest BCUT2D eigenvalue weighted by Crippen LogP contribution is 2.03. The van der Waals surface area contributed by atoms with Crippen molar-refractivity contribution in [3.8, 4) is 0 Å². The van der Waals surface area contributed by atoms with Crippen molar-refractivity contribution in [3.05, 3.63) is 35.9 Å². The molecule has 0 saturated heterocycles. The van der Waals surface area contributed by atoms with E-state index in [4.69, 9.17) is 4.74 Å². The summed E-state index contributed by atoms with van der Waals surface area (Å²) in [6.07, 6.45) is 0.0125. The van der Waals surface area contributed by atoms with Crippen LogP contribution in [0.1, 0.15) is 12.0 Å². The normalized spacial score (nSPS) is 13.5. The molecule has 5 heteroatoms. The van der Waals surface area contributed by atoms with E-state index in [2.05, 4.69) is 10.3 Å². The number of nitrogens with zero attached hydrogens (tertiary/aromatic N) is 1. The predicted octanol–water partition coefficient (Wildman–Crippen LogP) is 1.24. The summed E-state index contributed by atoms with van der Waals surface area (Å²) in [7, 11) is 0. The Morgan fingerprint density at radius 1 is 1.31 bits per heavy atom. The lowest BCUT2D eigenvalue weighted by molar-refractivity contribution is -0.143. The highest BCUT2D eigenvalue weighted by molar-refractivity contribution is 6.16. The van der Waals surface area contributed by atoms with Gasteiger partial charge >= 0.3 is 12.0 Å². The summed E-state index contributed by atoms with van der Waals surface area (Å²) < 4.78 is 5.00. The number of benzene rings is 1. The molecule has 2 amide bonds. The average Bonchev–Trinajstić information content (AvgIpc) is 2.26. The number of carbonyl (C=O) groups is 2. The van der Waals surface area contributed by atoms with Crippen molar-refractivity contribution in [2.75, 3.05) is 0 Å². The van der Waals surface area contributed by atoms with E-state index < -0.39 is 12.0 Å². The Balaban J connectivity index is 1.76. The van der Waals surface area contributed by atoms with Crippen LogP contribution in [0.4, 0.5) is 4.79 Å². The van der Waals surface area contributed by atoms with Gasteiger partial charge in [-0.25, -0.2) is 4.79 Å². The van der Waals surface area contributed by atoms with E-state index in [-0.39, 0.29) is 13.0 Å². The zero-order chi connectivity index (χ0) is 11.4. The molecule has 5 nitrogen and oxygen atoms in total. The van der Waals surface area contributed by atoms with Crippen LogP contribution in [-0.2, 0) is 16.1 Å². The Hall–Kier alpha value is -2.17. The topological polar surface area (TPSA) is 67.8 Å². The first-order valence-corrected chi connectivity index (χ1v) is 4.82. The first-order valence-electron chi connectivity index (χ1n) is 4.82. The molecule has 0 radical (unpaired) electrons. The molecule has 2 rings (SSSR count). The third kappa shape index (κ3) is 2.66. The third-order valence-corrected chi connectivity index (χ3v) is 2.04. The van der Waals surface area contributed by atoms with Gasteiger partial charge in [0.05, 0.1) is 0 Å². The van der Waals surface area contributed by atoms with E-state index in [0.717, 1.165) is 5.56 Å². The Morgan fingerprint density at radius 2 is 2.00 bits per heavy atom.